The van der Waals surface area contributed by atoms with Crippen LogP contribution in [0, 0.1) is 0 Å². The normalized spacial score (nSPS) is 10.0. The molecule has 0 aliphatic rings. The van der Waals surface area contributed by atoms with E-state index in [0.717, 1.165) is 0 Å². The highest BCUT2D eigenvalue weighted by molar-refractivity contribution is 6.30. The minimum atomic E-state index is -0.186. The van der Waals surface area contributed by atoms with Gasteiger partial charge in [-0.25, -0.2) is 0 Å². The quantitative estimate of drug-likeness (QED) is 0.765. The fraction of sp³-hybridized carbons (Fsp3) is 0.188. The Kier molecular flexibility index (Phi) is 5.06. The number of rotatable bonds is 6. The number of benzene rings is 2. The van der Waals surface area contributed by atoms with Crippen LogP contribution in [0.4, 0.5) is 0 Å². The van der Waals surface area contributed by atoms with Crippen LogP contribution in [0.3, 0.4) is 0 Å². The molecule has 0 saturated carbocycles. The second kappa shape index (κ2) is 6.99. The number of carbonyl (C=O) groups is 1. The van der Waals surface area contributed by atoms with Crippen molar-refractivity contribution in [2.45, 2.75) is 0 Å². The maximum atomic E-state index is 12.2. The molecular formula is C16H15ClO4. The zero-order chi connectivity index (χ0) is 15.2. The molecule has 5 heteroatoms. The van der Waals surface area contributed by atoms with E-state index in [-0.39, 0.29) is 12.4 Å². The maximum Gasteiger partial charge on any atom is 0.203 e. The van der Waals surface area contributed by atoms with Crippen LogP contribution >= 0.6 is 11.6 Å². The van der Waals surface area contributed by atoms with Gasteiger partial charge < -0.3 is 14.2 Å². The highest BCUT2D eigenvalue weighted by atomic mass is 35.5. The zero-order valence-corrected chi connectivity index (χ0v) is 12.5. The lowest BCUT2D eigenvalue weighted by molar-refractivity contribution is 0.0918. The standard InChI is InChI=1S/C16H15ClO4/c1-19-12-6-7-14(16(9-12)20-2)15(18)10-21-13-5-3-4-11(17)8-13/h3-9H,10H2,1-2H3. The van der Waals surface area contributed by atoms with E-state index in [1.807, 2.05) is 0 Å². The average molecular weight is 307 g/mol. The number of hydrogen-bond acceptors (Lipinski definition) is 4. The van der Waals surface area contributed by atoms with Crippen molar-refractivity contribution >= 4 is 17.4 Å². The molecule has 0 spiro atoms. The monoisotopic (exact) mass is 306 g/mol. The zero-order valence-electron chi connectivity index (χ0n) is 11.8. The van der Waals surface area contributed by atoms with Crippen LogP contribution in [-0.4, -0.2) is 26.6 Å². The smallest absolute Gasteiger partial charge is 0.203 e. The van der Waals surface area contributed by atoms with Gasteiger partial charge in [-0.15, -0.1) is 0 Å². The summed E-state index contributed by atoms with van der Waals surface area (Å²) in [6.45, 7) is -0.0942. The van der Waals surface area contributed by atoms with Crippen molar-refractivity contribution in [3.05, 3.63) is 53.1 Å². The topological polar surface area (TPSA) is 44.8 Å². The van der Waals surface area contributed by atoms with Gasteiger partial charge in [0.2, 0.25) is 5.78 Å². The van der Waals surface area contributed by atoms with Crippen molar-refractivity contribution < 1.29 is 19.0 Å². The van der Waals surface area contributed by atoms with Crippen LogP contribution in [-0.2, 0) is 0 Å². The van der Waals surface area contributed by atoms with Crippen LogP contribution in [0.5, 0.6) is 17.2 Å². The molecule has 0 heterocycles. The Labute approximate surface area is 128 Å². The fourth-order valence-corrected chi connectivity index (χ4v) is 1.99. The Bertz CT molecular complexity index is 640. The highest BCUT2D eigenvalue weighted by Crippen LogP contribution is 2.25. The van der Waals surface area contributed by atoms with Crippen LogP contribution in [0.1, 0.15) is 10.4 Å². The highest BCUT2D eigenvalue weighted by Gasteiger charge is 2.14. The summed E-state index contributed by atoms with van der Waals surface area (Å²) in [7, 11) is 3.06. The van der Waals surface area contributed by atoms with E-state index in [2.05, 4.69) is 0 Å². The first-order valence-corrected chi connectivity index (χ1v) is 6.65. The molecule has 0 radical (unpaired) electrons. The van der Waals surface area contributed by atoms with E-state index >= 15 is 0 Å². The van der Waals surface area contributed by atoms with E-state index in [4.69, 9.17) is 25.8 Å². The molecule has 0 aliphatic carbocycles. The Morgan fingerprint density at radius 3 is 2.52 bits per heavy atom. The summed E-state index contributed by atoms with van der Waals surface area (Å²) in [5.41, 5.74) is 0.445. The van der Waals surface area contributed by atoms with Crippen molar-refractivity contribution in [2.75, 3.05) is 20.8 Å². The first-order chi connectivity index (χ1) is 10.1. The molecule has 0 aliphatic heterocycles. The van der Waals surface area contributed by atoms with E-state index in [9.17, 15) is 4.79 Å². The molecule has 2 aromatic carbocycles. The third-order valence-corrected chi connectivity index (χ3v) is 3.11. The van der Waals surface area contributed by atoms with Gasteiger partial charge in [0.05, 0.1) is 19.8 Å². The molecule has 2 aromatic rings. The Balaban J connectivity index is 2.10. The summed E-state index contributed by atoms with van der Waals surface area (Å²) in [6, 6.07) is 11.9. The summed E-state index contributed by atoms with van der Waals surface area (Å²) in [4.78, 5) is 12.2. The van der Waals surface area contributed by atoms with Gasteiger partial charge in [-0.1, -0.05) is 17.7 Å². The van der Waals surface area contributed by atoms with Crippen molar-refractivity contribution in [1.82, 2.24) is 0 Å². The number of halogens is 1. The molecule has 0 aromatic heterocycles. The lowest BCUT2D eigenvalue weighted by atomic mass is 10.1. The van der Waals surface area contributed by atoms with Crippen molar-refractivity contribution in [1.29, 1.82) is 0 Å². The van der Waals surface area contributed by atoms with E-state index in [1.165, 1.54) is 7.11 Å². The molecule has 0 amide bonds. The SMILES string of the molecule is COc1ccc(C(=O)COc2cccc(Cl)c2)c(OC)c1. The molecule has 0 fully saturated rings. The van der Waals surface area contributed by atoms with Gasteiger partial charge in [-0.05, 0) is 30.3 Å². The molecule has 2 rings (SSSR count). The summed E-state index contributed by atoms with van der Waals surface area (Å²) >= 11 is 5.86. The molecule has 4 nitrogen and oxygen atoms in total. The van der Waals surface area contributed by atoms with Crippen molar-refractivity contribution in [2.24, 2.45) is 0 Å². The second-order valence-electron chi connectivity index (χ2n) is 4.24. The minimum absolute atomic E-state index is 0.0942. The maximum absolute atomic E-state index is 12.2. The van der Waals surface area contributed by atoms with E-state index < -0.39 is 0 Å². The summed E-state index contributed by atoms with van der Waals surface area (Å²) in [6.07, 6.45) is 0. The van der Waals surface area contributed by atoms with Gasteiger partial charge >= 0.3 is 0 Å². The summed E-state index contributed by atoms with van der Waals surface area (Å²) in [5.74, 6) is 1.44. The van der Waals surface area contributed by atoms with Gasteiger partial charge in [0.25, 0.3) is 0 Å². The van der Waals surface area contributed by atoms with Crippen molar-refractivity contribution in [3.63, 3.8) is 0 Å². The van der Waals surface area contributed by atoms with E-state index in [0.29, 0.717) is 27.8 Å². The first-order valence-electron chi connectivity index (χ1n) is 6.27. The molecule has 0 atom stereocenters. The predicted octanol–water partition coefficient (Wildman–Crippen LogP) is 3.62. The van der Waals surface area contributed by atoms with Crippen molar-refractivity contribution in [3.8, 4) is 17.2 Å². The summed E-state index contributed by atoms with van der Waals surface area (Å²) < 4.78 is 15.7. The fourth-order valence-electron chi connectivity index (χ4n) is 1.81. The van der Waals surface area contributed by atoms with Gasteiger partial charge in [0.15, 0.2) is 6.61 Å². The lowest BCUT2D eigenvalue weighted by Crippen LogP contribution is -2.12. The van der Waals surface area contributed by atoms with Gasteiger partial charge in [0.1, 0.15) is 17.2 Å². The summed E-state index contributed by atoms with van der Waals surface area (Å²) in [5, 5.41) is 0.557. The number of carbonyl (C=O) groups excluding carboxylic acids is 1. The minimum Gasteiger partial charge on any atom is -0.497 e. The number of Topliss-reactive ketones (excluding diaryl/α,β-unsaturated/α-hetero) is 1. The van der Waals surface area contributed by atoms with Crippen LogP contribution in [0.25, 0.3) is 0 Å². The molecule has 0 saturated heterocycles. The number of ether oxygens (including phenoxy) is 3. The molecule has 0 bridgehead atoms. The van der Waals surface area contributed by atoms with E-state index in [1.54, 1.807) is 49.6 Å². The van der Waals surface area contributed by atoms with Gasteiger partial charge in [0, 0.05) is 11.1 Å². The molecule has 0 unspecified atom stereocenters. The Hall–Kier alpha value is -2.20. The number of hydrogen-bond donors (Lipinski definition) is 0. The predicted molar refractivity (Wildman–Crippen MR) is 80.8 cm³/mol. The largest absolute Gasteiger partial charge is 0.497 e. The van der Waals surface area contributed by atoms with Gasteiger partial charge in [-0.3, -0.25) is 4.79 Å². The first kappa shape index (κ1) is 15.2. The third-order valence-electron chi connectivity index (χ3n) is 2.88. The lowest BCUT2D eigenvalue weighted by Gasteiger charge is -2.10. The number of methoxy groups -OCH3 is 2. The van der Waals surface area contributed by atoms with Gasteiger partial charge in [-0.2, -0.15) is 0 Å². The molecule has 21 heavy (non-hydrogen) atoms. The average Bonchev–Trinajstić information content (AvgIpc) is 2.52. The molecule has 0 N–H and O–H groups in total. The van der Waals surface area contributed by atoms with Crippen LogP contribution in [0.15, 0.2) is 42.5 Å². The number of ketones is 1. The second-order valence-corrected chi connectivity index (χ2v) is 4.67. The molecular weight excluding hydrogens is 292 g/mol. The third kappa shape index (κ3) is 3.89. The Morgan fingerprint density at radius 2 is 1.86 bits per heavy atom. The molecule has 110 valence electrons. The van der Waals surface area contributed by atoms with Crippen LogP contribution < -0.4 is 14.2 Å². The Morgan fingerprint density at radius 1 is 1.05 bits per heavy atom. The van der Waals surface area contributed by atoms with Crippen LogP contribution in [0.2, 0.25) is 5.02 Å².